The maximum Gasteiger partial charge on any atom is 0.137 e. The van der Waals surface area contributed by atoms with Gasteiger partial charge in [-0.25, -0.2) is 0 Å². The Morgan fingerprint density at radius 1 is 1.19 bits per heavy atom. The van der Waals surface area contributed by atoms with E-state index in [9.17, 15) is 4.79 Å². The van der Waals surface area contributed by atoms with Crippen LogP contribution in [0.1, 0.15) is 34.6 Å². The minimum atomic E-state index is 0.318. The fourth-order valence-corrected chi connectivity index (χ4v) is 3.09. The summed E-state index contributed by atoms with van der Waals surface area (Å²) < 4.78 is 0. The molecule has 0 saturated heterocycles. The lowest BCUT2D eigenvalue weighted by atomic mass is 9.92. The summed E-state index contributed by atoms with van der Waals surface area (Å²) in [6.07, 6.45) is 1.17. The standard InChI is InChI=1S/C19H21NO/c1-13-7-8-14(2)15(9-13)10-17(21)11-16-12-20-19-6-4-3-5-18(16)19/h3-9,16,20H,10-12H2,1-2H3. The van der Waals surface area contributed by atoms with Gasteiger partial charge in [-0.3, -0.25) is 4.79 Å². The topological polar surface area (TPSA) is 29.1 Å². The van der Waals surface area contributed by atoms with Crippen molar-refractivity contribution in [2.24, 2.45) is 0 Å². The van der Waals surface area contributed by atoms with Crippen molar-refractivity contribution >= 4 is 11.5 Å². The third kappa shape index (κ3) is 2.99. The number of para-hydroxylation sites is 1. The van der Waals surface area contributed by atoms with Crippen LogP contribution in [0.15, 0.2) is 42.5 Å². The molecule has 1 atom stereocenters. The van der Waals surface area contributed by atoms with E-state index in [-0.39, 0.29) is 0 Å². The van der Waals surface area contributed by atoms with Gasteiger partial charge in [0.2, 0.25) is 0 Å². The molecule has 1 unspecified atom stereocenters. The monoisotopic (exact) mass is 279 g/mol. The number of rotatable bonds is 4. The van der Waals surface area contributed by atoms with Crippen LogP contribution in [0, 0.1) is 13.8 Å². The molecular weight excluding hydrogens is 258 g/mol. The zero-order valence-corrected chi connectivity index (χ0v) is 12.6. The summed E-state index contributed by atoms with van der Waals surface area (Å²) in [4.78, 5) is 12.4. The van der Waals surface area contributed by atoms with Crippen molar-refractivity contribution in [3.8, 4) is 0 Å². The Balaban J connectivity index is 1.69. The SMILES string of the molecule is Cc1ccc(C)c(CC(=O)CC2CNc3ccccc32)c1. The van der Waals surface area contributed by atoms with Gasteiger partial charge in [0.25, 0.3) is 0 Å². The highest BCUT2D eigenvalue weighted by Crippen LogP contribution is 2.33. The highest BCUT2D eigenvalue weighted by molar-refractivity contribution is 5.83. The van der Waals surface area contributed by atoms with E-state index in [4.69, 9.17) is 0 Å². The Kier molecular flexibility index (Phi) is 3.78. The largest absolute Gasteiger partial charge is 0.384 e. The molecule has 1 aliphatic rings. The fraction of sp³-hybridized carbons (Fsp3) is 0.316. The molecular formula is C19H21NO. The number of fused-ring (bicyclic) bond motifs is 1. The van der Waals surface area contributed by atoms with Crippen LogP contribution < -0.4 is 5.32 Å². The predicted molar refractivity (Wildman–Crippen MR) is 86.9 cm³/mol. The van der Waals surface area contributed by atoms with Gasteiger partial charge < -0.3 is 5.32 Å². The van der Waals surface area contributed by atoms with Gasteiger partial charge in [-0.1, -0.05) is 42.0 Å². The molecule has 1 N–H and O–H groups in total. The number of aryl methyl sites for hydroxylation is 2. The van der Waals surface area contributed by atoms with Crippen molar-refractivity contribution in [3.05, 3.63) is 64.7 Å². The lowest BCUT2D eigenvalue weighted by Gasteiger charge is -2.11. The highest BCUT2D eigenvalue weighted by Gasteiger charge is 2.24. The van der Waals surface area contributed by atoms with Crippen LogP contribution in [0.2, 0.25) is 0 Å². The smallest absolute Gasteiger partial charge is 0.137 e. The van der Waals surface area contributed by atoms with Crippen LogP contribution in [0.5, 0.6) is 0 Å². The number of ketones is 1. The molecule has 108 valence electrons. The van der Waals surface area contributed by atoms with Crippen LogP contribution in [0.25, 0.3) is 0 Å². The van der Waals surface area contributed by atoms with E-state index in [1.54, 1.807) is 0 Å². The van der Waals surface area contributed by atoms with Gasteiger partial charge in [0, 0.05) is 31.0 Å². The molecule has 1 aliphatic heterocycles. The molecule has 1 heterocycles. The van der Waals surface area contributed by atoms with Crippen molar-refractivity contribution in [3.63, 3.8) is 0 Å². The van der Waals surface area contributed by atoms with Gasteiger partial charge in [-0.15, -0.1) is 0 Å². The maximum absolute atomic E-state index is 12.4. The van der Waals surface area contributed by atoms with E-state index in [0.717, 1.165) is 6.54 Å². The highest BCUT2D eigenvalue weighted by atomic mass is 16.1. The molecule has 21 heavy (non-hydrogen) atoms. The van der Waals surface area contributed by atoms with Crippen LogP contribution in [-0.4, -0.2) is 12.3 Å². The predicted octanol–water partition coefficient (Wildman–Crippen LogP) is 4.01. The third-order valence-corrected chi connectivity index (χ3v) is 4.31. The quantitative estimate of drug-likeness (QED) is 0.916. The molecule has 0 aromatic heterocycles. The van der Waals surface area contributed by atoms with Crippen molar-refractivity contribution in [1.82, 2.24) is 0 Å². The van der Waals surface area contributed by atoms with Crippen LogP contribution in [0.3, 0.4) is 0 Å². The number of hydrogen-bond acceptors (Lipinski definition) is 2. The van der Waals surface area contributed by atoms with Crippen molar-refractivity contribution in [2.75, 3.05) is 11.9 Å². The second-order valence-electron chi connectivity index (χ2n) is 6.01. The summed E-state index contributed by atoms with van der Waals surface area (Å²) in [5.74, 6) is 0.644. The summed E-state index contributed by atoms with van der Waals surface area (Å²) in [5, 5.41) is 3.39. The van der Waals surface area contributed by atoms with Gasteiger partial charge in [0.05, 0.1) is 0 Å². The minimum Gasteiger partial charge on any atom is -0.384 e. The van der Waals surface area contributed by atoms with Crippen molar-refractivity contribution < 1.29 is 4.79 Å². The number of carbonyl (C=O) groups is 1. The Labute approximate surface area is 126 Å². The fourth-order valence-electron chi connectivity index (χ4n) is 3.09. The summed E-state index contributed by atoms with van der Waals surface area (Å²) in [6, 6.07) is 14.6. The average molecular weight is 279 g/mol. The molecule has 0 bridgehead atoms. The first kappa shape index (κ1) is 13.9. The molecule has 3 rings (SSSR count). The molecule has 2 nitrogen and oxygen atoms in total. The molecule has 0 saturated carbocycles. The van der Waals surface area contributed by atoms with E-state index < -0.39 is 0 Å². The molecule has 2 heteroatoms. The second-order valence-corrected chi connectivity index (χ2v) is 6.01. The van der Waals surface area contributed by atoms with E-state index in [2.05, 4.69) is 49.5 Å². The lowest BCUT2D eigenvalue weighted by Crippen LogP contribution is -2.12. The summed E-state index contributed by atoms with van der Waals surface area (Å²) >= 11 is 0. The molecule has 0 aliphatic carbocycles. The lowest BCUT2D eigenvalue weighted by molar-refractivity contribution is -0.118. The normalized spacial score (nSPS) is 16.4. The number of hydrogen-bond donors (Lipinski definition) is 1. The van der Waals surface area contributed by atoms with Gasteiger partial charge >= 0.3 is 0 Å². The average Bonchev–Trinajstić information content (AvgIpc) is 2.86. The number of nitrogens with one attached hydrogen (secondary N) is 1. The van der Waals surface area contributed by atoms with Crippen LogP contribution >= 0.6 is 0 Å². The van der Waals surface area contributed by atoms with Crippen molar-refractivity contribution in [2.45, 2.75) is 32.6 Å². The van der Waals surface area contributed by atoms with Gasteiger partial charge in [-0.05, 0) is 36.6 Å². The Morgan fingerprint density at radius 3 is 2.86 bits per heavy atom. The zero-order valence-electron chi connectivity index (χ0n) is 12.6. The Morgan fingerprint density at radius 2 is 2.00 bits per heavy atom. The molecule has 2 aromatic rings. The first-order chi connectivity index (χ1) is 10.1. The first-order valence-electron chi connectivity index (χ1n) is 7.54. The van der Waals surface area contributed by atoms with Gasteiger partial charge in [-0.2, -0.15) is 0 Å². The number of Topliss-reactive ketones (excluding diaryl/α,β-unsaturated/α-hetero) is 1. The number of carbonyl (C=O) groups excluding carboxylic acids is 1. The molecule has 0 amide bonds. The second kappa shape index (κ2) is 5.72. The van der Waals surface area contributed by atoms with E-state index in [0.29, 0.717) is 24.5 Å². The van der Waals surface area contributed by atoms with Gasteiger partial charge in [0.15, 0.2) is 0 Å². The molecule has 0 spiro atoms. The number of anilines is 1. The Hall–Kier alpha value is -2.09. The van der Waals surface area contributed by atoms with Crippen LogP contribution in [0.4, 0.5) is 5.69 Å². The minimum absolute atomic E-state index is 0.318. The van der Waals surface area contributed by atoms with E-state index >= 15 is 0 Å². The number of benzene rings is 2. The van der Waals surface area contributed by atoms with E-state index in [1.807, 2.05) is 12.1 Å². The molecule has 0 fully saturated rings. The van der Waals surface area contributed by atoms with E-state index in [1.165, 1.54) is 27.9 Å². The summed E-state index contributed by atoms with van der Waals surface area (Å²) in [7, 11) is 0. The zero-order chi connectivity index (χ0) is 14.8. The molecule has 0 radical (unpaired) electrons. The van der Waals surface area contributed by atoms with Crippen LogP contribution in [-0.2, 0) is 11.2 Å². The molecule has 2 aromatic carbocycles. The van der Waals surface area contributed by atoms with Gasteiger partial charge in [0.1, 0.15) is 5.78 Å². The summed E-state index contributed by atoms with van der Waals surface area (Å²) in [5.41, 5.74) is 6.06. The summed E-state index contributed by atoms with van der Waals surface area (Å²) in [6.45, 7) is 5.02. The first-order valence-corrected chi connectivity index (χ1v) is 7.54. The third-order valence-electron chi connectivity index (χ3n) is 4.31. The van der Waals surface area contributed by atoms with Crippen molar-refractivity contribution in [1.29, 1.82) is 0 Å². The maximum atomic E-state index is 12.4. The Bertz CT molecular complexity index is 675.